The summed E-state index contributed by atoms with van der Waals surface area (Å²) >= 11 is 3.22. The lowest BCUT2D eigenvalue weighted by atomic mass is 10.1. The summed E-state index contributed by atoms with van der Waals surface area (Å²) < 4.78 is 0.798. The second-order valence-electron chi connectivity index (χ2n) is 3.12. The van der Waals surface area contributed by atoms with Crippen LogP contribution in [0, 0.1) is 25.2 Å². The monoisotopic (exact) mass is 266 g/mol. The summed E-state index contributed by atoms with van der Waals surface area (Å²) in [5.41, 5.74) is 2.17. The zero-order valence-corrected chi connectivity index (χ0v) is 10.2. The van der Waals surface area contributed by atoms with Crippen molar-refractivity contribution in [3.05, 3.63) is 27.9 Å². The van der Waals surface area contributed by atoms with Gasteiger partial charge in [-0.3, -0.25) is 0 Å². The molecule has 0 aliphatic heterocycles. The number of anilines is 1. The van der Waals surface area contributed by atoms with Gasteiger partial charge in [-0.15, -0.1) is 5.10 Å². The Bertz CT molecular complexity index is 434. The van der Waals surface area contributed by atoms with Gasteiger partial charge in [-0.2, -0.15) is 10.4 Å². The Morgan fingerprint density at radius 1 is 1.53 bits per heavy atom. The molecule has 0 radical (unpaired) electrons. The second kappa shape index (κ2) is 4.89. The topological polar surface area (TPSA) is 61.6 Å². The molecule has 1 N–H and O–H groups in total. The maximum atomic E-state index is 9.00. The Balaban J connectivity index is 3.04. The first-order valence-electron chi connectivity index (χ1n) is 4.37. The maximum absolute atomic E-state index is 9.00. The highest BCUT2D eigenvalue weighted by atomic mass is 79.9. The van der Waals surface area contributed by atoms with Crippen molar-refractivity contribution in [2.45, 2.75) is 13.8 Å². The summed E-state index contributed by atoms with van der Waals surface area (Å²) in [6.45, 7) is 7.90. The van der Waals surface area contributed by atoms with Gasteiger partial charge in [0.15, 0.2) is 5.82 Å². The highest BCUT2D eigenvalue weighted by Crippen LogP contribution is 2.17. The molecule has 0 saturated carbocycles. The van der Waals surface area contributed by atoms with Crippen molar-refractivity contribution in [3.63, 3.8) is 0 Å². The molecule has 0 aromatic carbocycles. The van der Waals surface area contributed by atoms with Crippen LogP contribution in [0.2, 0.25) is 0 Å². The molecule has 4 nitrogen and oxygen atoms in total. The van der Waals surface area contributed by atoms with Crippen molar-refractivity contribution in [1.29, 1.82) is 5.26 Å². The van der Waals surface area contributed by atoms with Gasteiger partial charge in [0.25, 0.3) is 0 Å². The zero-order chi connectivity index (χ0) is 11.4. The first-order valence-corrected chi connectivity index (χ1v) is 5.16. The van der Waals surface area contributed by atoms with Gasteiger partial charge < -0.3 is 5.32 Å². The Kier molecular flexibility index (Phi) is 3.81. The summed E-state index contributed by atoms with van der Waals surface area (Å²) in [6, 6.07) is 2.12. The van der Waals surface area contributed by atoms with E-state index in [0.29, 0.717) is 17.9 Å². The van der Waals surface area contributed by atoms with Crippen LogP contribution in [0.4, 0.5) is 5.82 Å². The largest absolute Gasteiger partial charge is 0.363 e. The normalized spacial score (nSPS) is 9.47. The van der Waals surface area contributed by atoms with E-state index in [1.165, 1.54) is 0 Å². The van der Waals surface area contributed by atoms with E-state index < -0.39 is 0 Å². The van der Waals surface area contributed by atoms with Gasteiger partial charge in [0.05, 0.1) is 5.69 Å². The summed E-state index contributed by atoms with van der Waals surface area (Å²) in [4.78, 5) is 0. The predicted octanol–water partition coefficient (Wildman–Crippen LogP) is 2.29. The van der Waals surface area contributed by atoms with Crippen LogP contribution >= 0.6 is 15.9 Å². The number of rotatable bonds is 3. The van der Waals surface area contributed by atoms with E-state index in [-0.39, 0.29) is 0 Å². The summed E-state index contributed by atoms with van der Waals surface area (Å²) in [7, 11) is 0. The Labute approximate surface area is 97.1 Å². The van der Waals surface area contributed by atoms with Crippen molar-refractivity contribution in [2.24, 2.45) is 0 Å². The Morgan fingerprint density at radius 3 is 2.73 bits per heavy atom. The molecule has 0 atom stereocenters. The minimum atomic E-state index is 0.501. The molecule has 0 aliphatic carbocycles. The average Bonchev–Trinajstić information content (AvgIpc) is 2.19. The molecule has 0 saturated heterocycles. The van der Waals surface area contributed by atoms with Crippen LogP contribution in [0.1, 0.15) is 16.8 Å². The van der Waals surface area contributed by atoms with Crippen LogP contribution in [-0.4, -0.2) is 16.7 Å². The summed E-state index contributed by atoms with van der Waals surface area (Å²) in [5.74, 6) is 0.501. The van der Waals surface area contributed by atoms with Crippen molar-refractivity contribution < 1.29 is 0 Å². The van der Waals surface area contributed by atoms with Gasteiger partial charge in [0, 0.05) is 11.0 Å². The lowest BCUT2D eigenvalue weighted by Gasteiger charge is -2.08. The third kappa shape index (κ3) is 2.77. The molecule has 1 aromatic rings. The number of aromatic nitrogens is 2. The van der Waals surface area contributed by atoms with E-state index >= 15 is 0 Å². The van der Waals surface area contributed by atoms with Crippen molar-refractivity contribution in [1.82, 2.24) is 10.2 Å². The zero-order valence-electron chi connectivity index (χ0n) is 8.63. The molecule has 0 amide bonds. The molecule has 0 bridgehead atoms. The van der Waals surface area contributed by atoms with E-state index in [0.717, 1.165) is 15.7 Å². The van der Waals surface area contributed by atoms with Crippen LogP contribution < -0.4 is 5.32 Å². The molecule has 0 aliphatic rings. The maximum Gasteiger partial charge on any atom is 0.167 e. The van der Waals surface area contributed by atoms with E-state index in [2.05, 4.69) is 44.1 Å². The van der Waals surface area contributed by atoms with E-state index in [9.17, 15) is 0 Å². The van der Waals surface area contributed by atoms with E-state index in [4.69, 9.17) is 5.26 Å². The molecule has 5 heteroatoms. The lowest BCUT2D eigenvalue weighted by Crippen LogP contribution is -2.08. The van der Waals surface area contributed by atoms with Gasteiger partial charge in [0.2, 0.25) is 0 Å². The SMILES string of the molecule is C=C(Br)CNc1nnc(C)c(C)c1C#N. The van der Waals surface area contributed by atoms with Crippen LogP contribution in [0.25, 0.3) is 0 Å². The fourth-order valence-corrected chi connectivity index (χ4v) is 1.19. The molecular weight excluding hydrogens is 256 g/mol. The predicted molar refractivity (Wildman–Crippen MR) is 62.8 cm³/mol. The number of halogens is 1. The fraction of sp³-hybridized carbons (Fsp3) is 0.300. The number of aryl methyl sites for hydroxylation is 1. The van der Waals surface area contributed by atoms with Crippen molar-refractivity contribution in [3.8, 4) is 6.07 Å². The third-order valence-corrected chi connectivity index (χ3v) is 2.29. The van der Waals surface area contributed by atoms with Crippen LogP contribution in [-0.2, 0) is 0 Å². The molecule has 0 unspecified atom stereocenters. The Morgan fingerprint density at radius 2 is 2.20 bits per heavy atom. The average molecular weight is 267 g/mol. The van der Waals surface area contributed by atoms with Gasteiger partial charge in [-0.25, -0.2) is 0 Å². The molecule has 0 fully saturated rings. The molecule has 0 spiro atoms. The number of hydrogen-bond acceptors (Lipinski definition) is 4. The lowest BCUT2D eigenvalue weighted by molar-refractivity contribution is 0.951. The number of nitriles is 1. The standard InChI is InChI=1S/C10H11BrN4/c1-6(11)5-13-10-9(4-12)7(2)8(3)14-15-10/h1,5H2,2-3H3,(H,13,15). The second-order valence-corrected chi connectivity index (χ2v) is 4.24. The first-order chi connectivity index (χ1) is 7.06. The minimum Gasteiger partial charge on any atom is -0.363 e. The Hall–Kier alpha value is -1.41. The first kappa shape index (κ1) is 11.7. The summed E-state index contributed by atoms with van der Waals surface area (Å²) in [6.07, 6.45) is 0. The quantitative estimate of drug-likeness (QED) is 0.912. The van der Waals surface area contributed by atoms with Gasteiger partial charge in [-0.05, 0) is 19.4 Å². The van der Waals surface area contributed by atoms with Gasteiger partial charge >= 0.3 is 0 Å². The van der Waals surface area contributed by atoms with Crippen LogP contribution in [0.15, 0.2) is 11.1 Å². The summed E-state index contributed by atoms with van der Waals surface area (Å²) in [5, 5.41) is 19.9. The molecular formula is C10H11BrN4. The van der Waals surface area contributed by atoms with Crippen molar-refractivity contribution in [2.75, 3.05) is 11.9 Å². The molecule has 15 heavy (non-hydrogen) atoms. The highest BCUT2D eigenvalue weighted by molar-refractivity contribution is 9.11. The third-order valence-electron chi connectivity index (χ3n) is 2.01. The van der Waals surface area contributed by atoms with Gasteiger partial charge in [0.1, 0.15) is 11.6 Å². The number of hydrogen-bond donors (Lipinski definition) is 1. The molecule has 1 heterocycles. The molecule has 1 rings (SSSR count). The molecule has 1 aromatic heterocycles. The number of nitrogens with zero attached hydrogens (tertiary/aromatic N) is 3. The highest BCUT2D eigenvalue weighted by Gasteiger charge is 2.09. The van der Waals surface area contributed by atoms with E-state index in [1.54, 1.807) is 0 Å². The van der Waals surface area contributed by atoms with Crippen LogP contribution in [0.5, 0.6) is 0 Å². The minimum absolute atomic E-state index is 0.501. The number of nitrogens with one attached hydrogen (secondary N) is 1. The van der Waals surface area contributed by atoms with Crippen molar-refractivity contribution >= 4 is 21.7 Å². The molecule has 78 valence electrons. The van der Waals surface area contributed by atoms with Crippen LogP contribution in [0.3, 0.4) is 0 Å². The smallest absolute Gasteiger partial charge is 0.167 e. The fourth-order valence-electron chi connectivity index (χ4n) is 1.05. The van der Waals surface area contributed by atoms with E-state index in [1.807, 2.05) is 13.8 Å². The van der Waals surface area contributed by atoms with Gasteiger partial charge in [-0.1, -0.05) is 22.5 Å².